The van der Waals surface area contributed by atoms with Crippen LogP contribution in [0.2, 0.25) is 0 Å². The van der Waals surface area contributed by atoms with Crippen molar-refractivity contribution in [2.24, 2.45) is 0 Å². The monoisotopic (exact) mass is 320 g/mol. The molecule has 6 heteroatoms. The van der Waals surface area contributed by atoms with Gasteiger partial charge >= 0.3 is 6.61 Å². The van der Waals surface area contributed by atoms with Crippen LogP contribution in [0, 0.1) is 17.7 Å². The Morgan fingerprint density at radius 1 is 1.22 bits per heavy atom. The molecule has 0 unspecified atom stereocenters. The molecule has 1 heterocycles. The summed E-state index contributed by atoms with van der Waals surface area (Å²) in [4.78, 5) is 8.22. The van der Waals surface area contributed by atoms with Gasteiger partial charge in [0, 0.05) is 24.4 Å². The van der Waals surface area contributed by atoms with Gasteiger partial charge in [0.2, 0.25) is 0 Å². The smallest absolute Gasteiger partial charge is 0.387 e. The van der Waals surface area contributed by atoms with Gasteiger partial charge in [-0.2, -0.15) is 8.78 Å². The summed E-state index contributed by atoms with van der Waals surface area (Å²) in [6.45, 7) is -0.978. The minimum Gasteiger partial charge on any atom is -0.432 e. The minimum absolute atomic E-state index is 0.284. The Morgan fingerprint density at radius 2 is 1.96 bits per heavy atom. The van der Waals surface area contributed by atoms with Gasteiger partial charge in [-0.15, -0.1) is 0 Å². The first-order chi connectivity index (χ1) is 11.1. The molecule has 0 bridgehead atoms. The number of nitrogens with zero attached hydrogens (tertiary/aromatic N) is 2. The Hall–Kier alpha value is -2.55. The summed E-state index contributed by atoms with van der Waals surface area (Å²) in [7, 11) is 0. The van der Waals surface area contributed by atoms with E-state index in [1.165, 1.54) is 6.07 Å². The highest BCUT2D eigenvalue weighted by Crippen LogP contribution is 2.24. The van der Waals surface area contributed by atoms with Crippen molar-refractivity contribution < 1.29 is 17.9 Å². The van der Waals surface area contributed by atoms with Crippen LogP contribution >= 0.6 is 0 Å². The Bertz CT molecular complexity index is 706. The van der Waals surface area contributed by atoms with Crippen molar-refractivity contribution in [3.8, 4) is 29.0 Å². The van der Waals surface area contributed by atoms with Gasteiger partial charge in [-0.3, -0.25) is 0 Å². The van der Waals surface area contributed by atoms with Crippen LogP contribution in [-0.2, 0) is 0 Å². The number of alkyl halides is 2. The predicted molar refractivity (Wildman–Crippen MR) is 80.5 cm³/mol. The highest BCUT2D eigenvalue weighted by Gasteiger charge is 2.11. The van der Waals surface area contributed by atoms with Gasteiger partial charge in [-0.05, 0) is 24.6 Å². The molecule has 0 aliphatic heterocycles. The third-order valence-electron chi connectivity index (χ3n) is 2.95. The van der Waals surface area contributed by atoms with Crippen molar-refractivity contribution >= 4 is 0 Å². The molecule has 1 aromatic heterocycles. The summed E-state index contributed by atoms with van der Waals surface area (Å²) in [5.41, 5.74) is 1.04. The summed E-state index contributed by atoms with van der Waals surface area (Å²) < 4.78 is 41.9. The number of ether oxygens (including phenoxy) is 1. The Morgan fingerprint density at radius 3 is 2.57 bits per heavy atom. The van der Waals surface area contributed by atoms with Crippen molar-refractivity contribution in [3.63, 3.8) is 0 Å². The van der Waals surface area contributed by atoms with E-state index in [9.17, 15) is 13.2 Å². The summed E-state index contributed by atoms with van der Waals surface area (Å²) in [5.74, 6) is 4.85. The van der Waals surface area contributed by atoms with Crippen LogP contribution in [0.3, 0.4) is 0 Å². The van der Waals surface area contributed by atoms with E-state index in [4.69, 9.17) is 0 Å². The second-order valence-corrected chi connectivity index (χ2v) is 4.72. The van der Waals surface area contributed by atoms with E-state index in [0.717, 1.165) is 31.4 Å². The molecule has 0 saturated heterocycles. The van der Waals surface area contributed by atoms with Crippen LogP contribution < -0.4 is 4.74 Å². The lowest BCUT2D eigenvalue weighted by molar-refractivity contribution is -0.0521. The molecule has 0 aliphatic rings. The zero-order chi connectivity index (χ0) is 16.7. The van der Waals surface area contributed by atoms with E-state index in [-0.39, 0.29) is 5.82 Å². The quantitative estimate of drug-likeness (QED) is 0.604. The van der Waals surface area contributed by atoms with Crippen LogP contribution in [-0.4, -0.2) is 16.6 Å². The molecular weight excluding hydrogens is 305 g/mol. The Balaban J connectivity index is 2.12. The highest BCUT2D eigenvalue weighted by atomic mass is 19.3. The van der Waals surface area contributed by atoms with Gasteiger partial charge in [0.05, 0.1) is 5.56 Å². The molecule has 120 valence electrons. The van der Waals surface area contributed by atoms with E-state index in [0.29, 0.717) is 11.1 Å². The fourth-order valence-corrected chi connectivity index (χ4v) is 1.80. The molecular formula is C17H15F3N2O. The summed E-state index contributed by atoms with van der Waals surface area (Å²) in [6, 6.07) is 3.60. The summed E-state index contributed by atoms with van der Waals surface area (Å²) >= 11 is 0. The van der Waals surface area contributed by atoms with E-state index in [1.807, 2.05) is 0 Å². The standard InChI is InChI=1S/C17H15F3N2O/c1-2-3-4-5-6-12-10-21-16(22-11-12)13-7-8-15(14(18)9-13)23-17(19)20/h7-11,17H,2-4H2,1H3. The number of hydrogen-bond donors (Lipinski definition) is 0. The molecule has 0 N–H and O–H groups in total. The minimum atomic E-state index is -3.07. The summed E-state index contributed by atoms with van der Waals surface area (Å²) in [6.07, 6.45) is 6.03. The molecule has 0 saturated carbocycles. The fourth-order valence-electron chi connectivity index (χ4n) is 1.80. The number of hydrogen-bond acceptors (Lipinski definition) is 3. The maximum atomic E-state index is 13.7. The maximum Gasteiger partial charge on any atom is 0.387 e. The first-order valence-electron chi connectivity index (χ1n) is 7.15. The molecule has 0 radical (unpaired) electrons. The SMILES string of the molecule is CCCCC#Cc1cnc(-c2ccc(OC(F)F)c(F)c2)nc1. The second-order valence-electron chi connectivity index (χ2n) is 4.72. The molecule has 0 spiro atoms. The van der Waals surface area contributed by atoms with Gasteiger partial charge < -0.3 is 4.74 Å². The lowest BCUT2D eigenvalue weighted by atomic mass is 10.2. The summed E-state index contributed by atoms with van der Waals surface area (Å²) in [5, 5.41) is 0. The first-order valence-corrected chi connectivity index (χ1v) is 7.15. The van der Waals surface area contributed by atoms with E-state index in [2.05, 4.69) is 33.5 Å². The van der Waals surface area contributed by atoms with Gasteiger partial charge in [0.25, 0.3) is 0 Å². The third-order valence-corrected chi connectivity index (χ3v) is 2.95. The maximum absolute atomic E-state index is 13.7. The lowest BCUT2D eigenvalue weighted by Gasteiger charge is -2.06. The molecule has 2 rings (SSSR count). The van der Waals surface area contributed by atoms with Gasteiger partial charge in [-0.25, -0.2) is 14.4 Å². The van der Waals surface area contributed by atoms with Gasteiger partial charge in [0.1, 0.15) is 0 Å². The van der Waals surface area contributed by atoms with Crippen molar-refractivity contribution in [2.75, 3.05) is 0 Å². The Labute approximate surface area is 132 Å². The molecule has 2 aromatic rings. The average molecular weight is 320 g/mol. The third kappa shape index (κ3) is 4.99. The number of benzene rings is 1. The first kappa shape index (κ1) is 16.8. The highest BCUT2D eigenvalue weighted by molar-refractivity contribution is 5.56. The number of aromatic nitrogens is 2. The fraction of sp³-hybridized carbons (Fsp3) is 0.294. The van der Waals surface area contributed by atoms with Crippen LogP contribution in [0.4, 0.5) is 13.2 Å². The molecule has 0 aliphatic carbocycles. The molecule has 0 fully saturated rings. The van der Waals surface area contributed by atoms with Crippen LogP contribution in [0.5, 0.6) is 5.75 Å². The normalized spacial score (nSPS) is 10.3. The van der Waals surface area contributed by atoms with Gasteiger partial charge in [0.15, 0.2) is 17.4 Å². The van der Waals surface area contributed by atoms with Gasteiger partial charge in [-0.1, -0.05) is 25.2 Å². The van der Waals surface area contributed by atoms with Crippen molar-refractivity contribution in [1.82, 2.24) is 9.97 Å². The number of rotatable bonds is 5. The van der Waals surface area contributed by atoms with E-state index < -0.39 is 18.2 Å². The zero-order valence-electron chi connectivity index (χ0n) is 12.5. The van der Waals surface area contributed by atoms with Crippen molar-refractivity contribution in [1.29, 1.82) is 0 Å². The molecule has 0 atom stereocenters. The molecule has 23 heavy (non-hydrogen) atoms. The van der Waals surface area contributed by atoms with Crippen LogP contribution in [0.15, 0.2) is 30.6 Å². The van der Waals surface area contributed by atoms with E-state index >= 15 is 0 Å². The number of unbranched alkanes of at least 4 members (excludes halogenated alkanes) is 2. The predicted octanol–water partition coefficient (Wildman–Crippen LogP) is 4.43. The molecule has 3 nitrogen and oxygen atoms in total. The number of halogens is 3. The average Bonchev–Trinajstić information content (AvgIpc) is 2.54. The molecule has 1 aromatic carbocycles. The topological polar surface area (TPSA) is 35.0 Å². The van der Waals surface area contributed by atoms with Crippen LogP contribution in [0.25, 0.3) is 11.4 Å². The second kappa shape index (κ2) is 8.18. The zero-order valence-corrected chi connectivity index (χ0v) is 12.5. The van der Waals surface area contributed by atoms with Crippen LogP contribution in [0.1, 0.15) is 31.7 Å². The largest absolute Gasteiger partial charge is 0.432 e. The van der Waals surface area contributed by atoms with E-state index in [1.54, 1.807) is 12.4 Å². The Kier molecular flexibility index (Phi) is 5.98. The van der Waals surface area contributed by atoms with Crippen molar-refractivity contribution in [2.45, 2.75) is 32.8 Å². The lowest BCUT2D eigenvalue weighted by Crippen LogP contribution is -2.03. The van der Waals surface area contributed by atoms with Crippen molar-refractivity contribution in [3.05, 3.63) is 42.0 Å². The molecule has 0 amide bonds.